The minimum atomic E-state index is -3.47. The molecule has 1 amide bonds. The summed E-state index contributed by atoms with van der Waals surface area (Å²) in [6, 6.07) is 6.94. The minimum Gasteiger partial charge on any atom is -0.355 e. The van der Waals surface area contributed by atoms with Gasteiger partial charge in [0.25, 0.3) is 0 Å². The molecule has 0 spiro atoms. The van der Waals surface area contributed by atoms with Gasteiger partial charge in [-0.25, -0.2) is 8.42 Å². The van der Waals surface area contributed by atoms with Crippen molar-refractivity contribution in [1.29, 1.82) is 0 Å². The summed E-state index contributed by atoms with van der Waals surface area (Å²) in [5.74, 6) is -0.0260. The van der Waals surface area contributed by atoms with Gasteiger partial charge >= 0.3 is 0 Å². The fourth-order valence-corrected chi connectivity index (χ4v) is 5.34. The summed E-state index contributed by atoms with van der Waals surface area (Å²) in [6.45, 7) is 7.67. The number of nitrogens with one attached hydrogen (secondary N) is 2. The van der Waals surface area contributed by atoms with Crippen LogP contribution in [0.25, 0.3) is 0 Å². The predicted molar refractivity (Wildman–Crippen MR) is 113 cm³/mol. The molecule has 2 aliphatic heterocycles. The fraction of sp³-hybridized carbons (Fsp3) is 0.650. The van der Waals surface area contributed by atoms with Crippen LogP contribution in [0.5, 0.6) is 0 Å². The van der Waals surface area contributed by atoms with Crippen LogP contribution in [-0.4, -0.2) is 51.4 Å². The van der Waals surface area contributed by atoms with Crippen molar-refractivity contribution in [2.75, 3.05) is 32.7 Å². The first-order chi connectivity index (χ1) is 12.8. The number of halogens is 1. The Hall–Kier alpha value is -1.15. The summed E-state index contributed by atoms with van der Waals surface area (Å²) in [4.78, 5) is 12.9. The largest absolute Gasteiger partial charge is 0.355 e. The van der Waals surface area contributed by atoms with E-state index in [1.54, 1.807) is 12.1 Å². The maximum Gasteiger partial charge on any atom is 0.243 e. The third-order valence-electron chi connectivity index (χ3n) is 5.98. The zero-order chi connectivity index (χ0) is 19.5. The van der Waals surface area contributed by atoms with E-state index in [1.807, 2.05) is 19.1 Å². The number of nitrogens with zero attached hydrogens (tertiary/aromatic N) is 1. The van der Waals surface area contributed by atoms with Gasteiger partial charge in [0.1, 0.15) is 0 Å². The van der Waals surface area contributed by atoms with Crippen LogP contribution in [0, 0.1) is 18.3 Å². The molecule has 2 saturated heterocycles. The van der Waals surface area contributed by atoms with Gasteiger partial charge in [-0.3, -0.25) is 4.79 Å². The Morgan fingerprint density at radius 1 is 1.18 bits per heavy atom. The van der Waals surface area contributed by atoms with Crippen molar-refractivity contribution in [3.8, 4) is 0 Å². The molecule has 0 aliphatic carbocycles. The third-order valence-corrected chi connectivity index (χ3v) is 7.90. The zero-order valence-electron chi connectivity index (χ0n) is 16.7. The molecule has 0 aromatic heterocycles. The highest BCUT2D eigenvalue weighted by molar-refractivity contribution is 7.89. The Morgan fingerprint density at radius 3 is 2.32 bits per heavy atom. The molecule has 2 N–H and O–H groups in total. The van der Waals surface area contributed by atoms with Crippen molar-refractivity contribution in [2.24, 2.45) is 11.3 Å². The lowest BCUT2D eigenvalue weighted by molar-refractivity contribution is -0.126. The molecule has 6 nitrogen and oxygen atoms in total. The summed E-state index contributed by atoms with van der Waals surface area (Å²) >= 11 is 0. The molecule has 3 rings (SSSR count). The van der Waals surface area contributed by atoms with E-state index in [0.717, 1.165) is 31.5 Å². The molecular formula is C20H32ClN3O3S. The topological polar surface area (TPSA) is 78.5 Å². The first-order valence-corrected chi connectivity index (χ1v) is 11.3. The van der Waals surface area contributed by atoms with Gasteiger partial charge < -0.3 is 10.6 Å². The van der Waals surface area contributed by atoms with Gasteiger partial charge in [-0.05, 0) is 63.2 Å². The Bertz CT molecular complexity index is 753. The van der Waals surface area contributed by atoms with Crippen molar-refractivity contribution < 1.29 is 13.2 Å². The number of piperidine rings is 2. The Labute approximate surface area is 174 Å². The Balaban J connectivity index is 0.00000280. The molecule has 0 atom stereocenters. The first-order valence-electron chi connectivity index (χ1n) is 9.85. The highest BCUT2D eigenvalue weighted by atomic mass is 35.5. The summed E-state index contributed by atoms with van der Waals surface area (Å²) in [6.07, 6.45) is 3.30. The average molecular weight is 430 g/mol. The normalized spacial score (nSPS) is 20.9. The quantitative estimate of drug-likeness (QED) is 0.752. The number of amides is 1. The number of hydrogen-bond donors (Lipinski definition) is 2. The number of rotatable bonds is 5. The highest BCUT2D eigenvalue weighted by Crippen LogP contribution is 2.28. The van der Waals surface area contributed by atoms with Crippen LogP contribution in [0.15, 0.2) is 29.2 Å². The van der Waals surface area contributed by atoms with Gasteiger partial charge in [-0.15, -0.1) is 12.4 Å². The van der Waals surface area contributed by atoms with Crippen LogP contribution in [0.3, 0.4) is 0 Å². The molecule has 1 aromatic carbocycles. The van der Waals surface area contributed by atoms with Gasteiger partial charge in [0.15, 0.2) is 0 Å². The fourth-order valence-electron chi connectivity index (χ4n) is 3.87. The molecule has 0 bridgehead atoms. The van der Waals surface area contributed by atoms with Crippen LogP contribution < -0.4 is 10.6 Å². The maximum atomic E-state index is 12.8. The van der Waals surface area contributed by atoms with E-state index in [-0.39, 0.29) is 29.6 Å². The second kappa shape index (κ2) is 9.57. The summed E-state index contributed by atoms with van der Waals surface area (Å²) < 4.78 is 27.0. The van der Waals surface area contributed by atoms with Crippen LogP contribution in [0.1, 0.15) is 38.2 Å². The zero-order valence-corrected chi connectivity index (χ0v) is 18.4. The van der Waals surface area contributed by atoms with Gasteiger partial charge in [0.2, 0.25) is 15.9 Å². The molecule has 158 valence electrons. The summed E-state index contributed by atoms with van der Waals surface area (Å²) in [5.41, 5.74) is 1.20. The summed E-state index contributed by atoms with van der Waals surface area (Å²) in [7, 11) is -3.47. The smallest absolute Gasteiger partial charge is 0.243 e. The lowest BCUT2D eigenvalue weighted by Gasteiger charge is -2.35. The maximum absolute atomic E-state index is 12.8. The van der Waals surface area contributed by atoms with Crippen molar-refractivity contribution in [3.05, 3.63) is 29.8 Å². The number of aryl methyl sites for hydroxylation is 1. The SMILES string of the molecule is Cc1ccc(S(=O)(=O)N2CCC(C(=O)NCC3(C)CCNCC3)CC2)cc1.Cl. The summed E-state index contributed by atoms with van der Waals surface area (Å²) in [5, 5.41) is 6.47. The number of sulfonamides is 1. The highest BCUT2D eigenvalue weighted by Gasteiger charge is 2.33. The van der Waals surface area contributed by atoms with E-state index >= 15 is 0 Å². The van der Waals surface area contributed by atoms with E-state index in [0.29, 0.717) is 37.4 Å². The molecule has 1 aromatic rings. The Morgan fingerprint density at radius 2 is 1.75 bits per heavy atom. The second-order valence-electron chi connectivity index (χ2n) is 8.27. The van der Waals surface area contributed by atoms with E-state index in [4.69, 9.17) is 0 Å². The molecule has 2 heterocycles. The lowest BCUT2D eigenvalue weighted by atomic mass is 9.81. The molecule has 0 radical (unpaired) electrons. The molecule has 28 heavy (non-hydrogen) atoms. The second-order valence-corrected chi connectivity index (χ2v) is 10.2. The molecule has 0 unspecified atom stereocenters. The van der Waals surface area contributed by atoms with E-state index in [2.05, 4.69) is 17.6 Å². The van der Waals surface area contributed by atoms with Gasteiger partial charge in [0.05, 0.1) is 4.90 Å². The van der Waals surface area contributed by atoms with Gasteiger partial charge in [0, 0.05) is 25.6 Å². The van der Waals surface area contributed by atoms with Crippen LogP contribution in [0.4, 0.5) is 0 Å². The van der Waals surface area contributed by atoms with Crippen molar-refractivity contribution in [1.82, 2.24) is 14.9 Å². The molecule has 2 aliphatic rings. The van der Waals surface area contributed by atoms with Gasteiger partial charge in [-0.2, -0.15) is 4.31 Å². The molecule has 2 fully saturated rings. The van der Waals surface area contributed by atoms with Gasteiger partial charge in [-0.1, -0.05) is 24.6 Å². The van der Waals surface area contributed by atoms with Crippen LogP contribution in [0.2, 0.25) is 0 Å². The number of carbonyl (C=O) groups is 1. The van der Waals surface area contributed by atoms with Crippen LogP contribution >= 0.6 is 12.4 Å². The molecular weight excluding hydrogens is 398 g/mol. The minimum absolute atomic E-state index is 0. The van der Waals surface area contributed by atoms with Crippen LogP contribution in [-0.2, 0) is 14.8 Å². The molecule has 0 saturated carbocycles. The third kappa shape index (κ3) is 5.47. The number of benzene rings is 1. The Kier molecular flexibility index (Phi) is 7.90. The van der Waals surface area contributed by atoms with Crippen molar-refractivity contribution in [3.63, 3.8) is 0 Å². The van der Waals surface area contributed by atoms with Crippen molar-refractivity contribution in [2.45, 2.75) is 44.4 Å². The number of hydrogen-bond acceptors (Lipinski definition) is 4. The molecule has 8 heteroatoms. The van der Waals surface area contributed by atoms with E-state index < -0.39 is 10.0 Å². The lowest BCUT2D eigenvalue weighted by Crippen LogP contribution is -2.46. The first kappa shape index (κ1) is 23.1. The number of carbonyl (C=O) groups excluding carboxylic acids is 1. The monoisotopic (exact) mass is 429 g/mol. The standard InChI is InChI=1S/C20H31N3O3S.ClH/c1-16-3-5-18(6-4-16)27(25,26)23-13-7-17(8-14-23)19(24)22-15-20(2)9-11-21-12-10-20;/h3-6,17,21H,7-15H2,1-2H3,(H,22,24);1H. The van der Waals surface area contributed by atoms with Crippen molar-refractivity contribution >= 4 is 28.3 Å². The van der Waals surface area contributed by atoms with E-state index in [1.165, 1.54) is 4.31 Å². The van der Waals surface area contributed by atoms with E-state index in [9.17, 15) is 13.2 Å². The average Bonchev–Trinajstić information content (AvgIpc) is 2.67. The predicted octanol–water partition coefficient (Wildman–Crippen LogP) is 2.32.